The van der Waals surface area contributed by atoms with Crippen molar-refractivity contribution in [2.24, 2.45) is 16.8 Å². The van der Waals surface area contributed by atoms with Crippen LogP contribution in [0.1, 0.15) is 25.0 Å². The standard InChI is InChI=1S/C20H19F6N3O2/c21-19(22,23)13-2-1-3-14(28-13)29-6-4-10(5-7-29)17-15-11(9-27-17)8-12(30)18(31)16(15)20(24,25)26/h1-3,10,16,18,31H,4-9H2/t16-,18+/m1/s1. The summed E-state index contributed by atoms with van der Waals surface area (Å²) >= 11 is 0. The predicted molar refractivity (Wildman–Crippen MR) is 98.7 cm³/mol. The van der Waals surface area contributed by atoms with E-state index in [0.717, 1.165) is 6.07 Å². The van der Waals surface area contributed by atoms with E-state index >= 15 is 0 Å². The Hall–Kier alpha value is -2.43. The zero-order chi connectivity index (χ0) is 22.6. The van der Waals surface area contributed by atoms with Crippen molar-refractivity contribution in [1.82, 2.24) is 4.98 Å². The molecule has 3 aliphatic rings. The smallest absolute Gasteiger partial charge is 0.384 e. The number of ketones is 1. The molecular formula is C20H19F6N3O2. The highest BCUT2D eigenvalue weighted by Gasteiger charge is 2.54. The van der Waals surface area contributed by atoms with E-state index in [1.165, 1.54) is 12.1 Å². The van der Waals surface area contributed by atoms with Gasteiger partial charge in [-0.2, -0.15) is 26.3 Å². The minimum atomic E-state index is -4.79. The van der Waals surface area contributed by atoms with Crippen LogP contribution in [0.25, 0.3) is 0 Å². The third-order valence-electron chi connectivity index (χ3n) is 6.02. The van der Waals surface area contributed by atoms with Crippen LogP contribution in [-0.4, -0.2) is 53.5 Å². The summed E-state index contributed by atoms with van der Waals surface area (Å²) in [5.74, 6) is -3.32. The van der Waals surface area contributed by atoms with Gasteiger partial charge in [0.05, 0.1) is 6.54 Å². The van der Waals surface area contributed by atoms with Crippen molar-refractivity contribution < 1.29 is 36.2 Å². The van der Waals surface area contributed by atoms with Gasteiger partial charge in [-0.3, -0.25) is 9.79 Å². The molecule has 0 bridgehead atoms. The largest absolute Gasteiger partial charge is 0.433 e. The molecule has 31 heavy (non-hydrogen) atoms. The minimum absolute atomic E-state index is 0.00506. The quantitative estimate of drug-likeness (QED) is 0.704. The SMILES string of the molecule is O=C1CC2=C(C(C3CCN(c4cccc(C(F)(F)F)n4)CC3)=NC2)[C@@H](C(F)(F)F)[C@H]1O. The first-order valence-electron chi connectivity index (χ1n) is 9.80. The lowest BCUT2D eigenvalue weighted by molar-refractivity contribution is -0.190. The third kappa shape index (κ3) is 4.07. The van der Waals surface area contributed by atoms with Crippen molar-refractivity contribution in [3.63, 3.8) is 0 Å². The Morgan fingerprint density at radius 1 is 1.06 bits per heavy atom. The number of aromatic nitrogens is 1. The van der Waals surface area contributed by atoms with Crippen LogP contribution >= 0.6 is 0 Å². The van der Waals surface area contributed by atoms with Crippen molar-refractivity contribution in [2.75, 3.05) is 24.5 Å². The lowest BCUT2D eigenvalue weighted by Crippen LogP contribution is -2.46. The number of hydrogen-bond acceptors (Lipinski definition) is 5. The van der Waals surface area contributed by atoms with Crippen LogP contribution in [0.3, 0.4) is 0 Å². The molecule has 0 spiro atoms. The van der Waals surface area contributed by atoms with E-state index < -0.39 is 35.9 Å². The van der Waals surface area contributed by atoms with Gasteiger partial charge >= 0.3 is 12.4 Å². The molecule has 3 heterocycles. The Balaban J connectivity index is 1.51. The maximum atomic E-state index is 13.7. The molecule has 1 aromatic heterocycles. The number of pyridine rings is 1. The van der Waals surface area contributed by atoms with Gasteiger partial charge in [0.25, 0.3) is 0 Å². The number of aliphatic hydroxyl groups is 1. The lowest BCUT2D eigenvalue weighted by Gasteiger charge is -2.36. The van der Waals surface area contributed by atoms with Crippen LogP contribution in [0.4, 0.5) is 32.2 Å². The number of carbonyl (C=O) groups is 1. The number of piperidine rings is 1. The maximum absolute atomic E-state index is 13.7. The first-order valence-corrected chi connectivity index (χ1v) is 9.80. The highest BCUT2D eigenvalue weighted by molar-refractivity contribution is 6.08. The van der Waals surface area contributed by atoms with Crippen molar-refractivity contribution >= 4 is 17.3 Å². The molecule has 1 fully saturated rings. The molecule has 1 aromatic rings. The number of alkyl halides is 6. The van der Waals surface area contributed by atoms with Crippen LogP contribution in [0.5, 0.6) is 0 Å². The summed E-state index contributed by atoms with van der Waals surface area (Å²) in [7, 11) is 0. The third-order valence-corrected chi connectivity index (χ3v) is 6.02. The topological polar surface area (TPSA) is 65.8 Å². The second-order valence-corrected chi connectivity index (χ2v) is 7.97. The Bertz CT molecular complexity index is 945. The van der Waals surface area contributed by atoms with E-state index in [-0.39, 0.29) is 36.0 Å². The molecule has 1 saturated heterocycles. The van der Waals surface area contributed by atoms with Crippen molar-refractivity contribution in [3.8, 4) is 0 Å². The van der Waals surface area contributed by atoms with E-state index in [1.807, 2.05) is 0 Å². The number of halogens is 6. The average molecular weight is 447 g/mol. The highest BCUT2D eigenvalue weighted by Crippen LogP contribution is 2.45. The number of anilines is 1. The Morgan fingerprint density at radius 2 is 1.74 bits per heavy atom. The molecule has 11 heteroatoms. The number of Topliss-reactive ketones (excluding diaryl/α,β-unsaturated/α-hetero) is 1. The number of rotatable bonds is 2. The molecule has 0 amide bonds. The number of nitrogens with zero attached hydrogens (tertiary/aromatic N) is 3. The van der Waals surface area contributed by atoms with Crippen LogP contribution in [0.2, 0.25) is 0 Å². The van der Waals surface area contributed by atoms with Crippen LogP contribution in [0, 0.1) is 11.8 Å². The summed E-state index contributed by atoms with van der Waals surface area (Å²) in [6, 6.07) is 3.61. The lowest BCUT2D eigenvalue weighted by atomic mass is 9.74. The highest BCUT2D eigenvalue weighted by atomic mass is 19.4. The Kier molecular flexibility index (Phi) is 5.35. The molecular weight excluding hydrogens is 428 g/mol. The molecule has 4 rings (SSSR count). The van der Waals surface area contributed by atoms with Gasteiger partial charge in [-0.05, 0) is 36.1 Å². The van der Waals surface area contributed by atoms with E-state index in [9.17, 15) is 36.2 Å². The first kappa shape index (κ1) is 21.8. The number of aliphatic imine (C=N–C) groups is 1. The van der Waals surface area contributed by atoms with E-state index in [4.69, 9.17) is 0 Å². The summed E-state index contributed by atoms with van der Waals surface area (Å²) in [6.07, 6.45) is -11.0. The van der Waals surface area contributed by atoms with Crippen molar-refractivity contribution in [2.45, 2.75) is 37.7 Å². The summed E-state index contributed by atoms with van der Waals surface area (Å²) in [5.41, 5.74) is -0.513. The number of hydrogen-bond donors (Lipinski definition) is 1. The first-order chi connectivity index (χ1) is 14.5. The van der Waals surface area contributed by atoms with Crippen LogP contribution in [0.15, 0.2) is 34.3 Å². The van der Waals surface area contributed by atoms with Gasteiger partial charge in [0.15, 0.2) is 5.78 Å². The summed E-state index contributed by atoms with van der Waals surface area (Å²) in [4.78, 5) is 21.4. The normalized spacial score (nSPS) is 25.7. The zero-order valence-corrected chi connectivity index (χ0v) is 16.2. The molecule has 2 aliphatic heterocycles. The molecule has 5 nitrogen and oxygen atoms in total. The van der Waals surface area contributed by atoms with Crippen LogP contribution in [-0.2, 0) is 11.0 Å². The zero-order valence-electron chi connectivity index (χ0n) is 16.2. The van der Waals surface area contributed by atoms with Crippen molar-refractivity contribution in [1.29, 1.82) is 0 Å². The Labute approximate surface area is 173 Å². The van der Waals surface area contributed by atoms with Gasteiger partial charge in [-0.25, -0.2) is 4.98 Å². The average Bonchev–Trinajstić information content (AvgIpc) is 3.10. The monoisotopic (exact) mass is 447 g/mol. The van der Waals surface area contributed by atoms with E-state index in [2.05, 4.69) is 9.98 Å². The molecule has 0 saturated carbocycles. The molecule has 1 aliphatic carbocycles. The van der Waals surface area contributed by atoms with Crippen LogP contribution < -0.4 is 4.90 Å². The summed E-state index contributed by atoms with van der Waals surface area (Å²) in [6.45, 7) is 0.614. The van der Waals surface area contributed by atoms with E-state index in [0.29, 0.717) is 31.5 Å². The van der Waals surface area contributed by atoms with Gasteiger partial charge < -0.3 is 10.0 Å². The minimum Gasteiger partial charge on any atom is -0.384 e. The fourth-order valence-electron chi connectivity index (χ4n) is 4.55. The molecule has 0 unspecified atom stereocenters. The maximum Gasteiger partial charge on any atom is 0.433 e. The predicted octanol–water partition coefficient (Wildman–Crippen LogP) is 3.58. The summed E-state index contributed by atoms with van der Waals surface area (Å²) in [5, 5.41) is 9.95. The molecule has 0 radical (unpaired) electrons. The second kappa shape index (κ2) is 7.61. The van der Waals surface area contributed by atoms with Gasteiger partial charge in [0.1, 0.15) is 23.5 Å². The van der Waals surface area contributed by atoms with Crippen molar-refractivity contribution in [3.05, 3.63) is 35.0 Å². The number of aliphatic hydroxyl groups excluding tert-OH is 1. The van der Waals surface area contributed by atoms with Gasteiger partial charge in [0.2, 0.25) is 0 Å². The van der Waals surface area contributed by atoms with Gasteiger partial charge in [-0.15, -0.1) is 0 Å². The fraction of sp³-hybridized carbons (Fsp3) is 0.550. The Morgan fingerprint density at radius 3 is 2.35 bits per heavy atom. The molecule has 168 valence electrons. The molecule has 0 aromatic carbocycles. The van der Waals surface area contributed by atoms with Gasteiger partial charge in [-0.1, -0.05) is 6.07 Å². The van der Waals surface area contributed by atoms with E-state index in [1.54, 1.807) is 4.90 Å². The summed E-state index contributed by atoms with van der Waals surface area (Å²) < 4.78 is 79.7. The second-order valence-electron chi connectivity index (χ2n) is 7.97. The fourth-order valence-corrected chi connectivity index (χ4v) is 4.55. The molecule has 1 N–H and O–H groups in total. The van der Waals surface area contributed by atoms with Gasteiger partial charge in [0, 0.05) is 31.1 Å². The molecule has 2 atom stereocenters. The number of carbonyl (C=O) groups excluding carboxylic acids is 1.